The number of benzene rings is 1. The van der Waals surface area contributed by atoms with E-state index < -0.39 is 35.4 Å². The lowest BCUT2D eigenvalue weighted by Crippen LogP contribution is -2.48. The molecule has 1 aromatic carbocycles. The molecule has 1 amide bonds. The summed E-state index contributed by atoms with van der Waals surface area (Å²) in [5.74, 6) is -1.32. The third-order valence-corrected chi connectivity index (χ3v) is 8.31. The Morgan fingerprint density at radius 1 is 1.21 bits per heavy atom. The van der Waals surface area contributed by atoms with E-state index in [1.807, 2.05) is 32.9 Å². The summed E-state index contributed by atoms with van der Waals surface area (Å²) in [6, 6.07) is 7.36. The van der Waals surface area contributed by atoms with E-state index in [9.17, 15) is 14.4 Å². The van der Waals surface area contributed by atoms with Gasteiger partial charge in [0.1, 0.15) is 12.1 Å². The maximum absolute atomic E-state index is 13.9. The third kappa shape index (κ3) is 6.47. The van der Waals surface area contributed by atoms with Gasteiger partial charge in [0.25, 0.3) is 0 Å². The number of hydrogen-bond acceptors (Lipinski definition) is 7. The van der Waals surface area contributed by atoms with E-state index in [0.29, 0.717) is 12.5 Å². The number of esters is 2. The Balaban J connectivity index is 1.72. The molecular weight excluding hydrogens is 552 g/mol. The number of ether oxygens (including phenoxy) is 3. The monoisotopic (exact) mass is 588 g/mol. The second kappa shape index (κ2) is 12.0. The Kier molecular flexibility index (Phi) is 8.96. The van der Waals surface area contributed by atoms with Crippen molar-refractivity contribution >= 4 is 44.5 Å². The van der Waals surface area contributed by atoms with Gasteiger partial charge in [0, 0.05) is 22.8 Å². The van der Waals surface area contributed by atoms with Crippen LogP contribution in [0.25, 0.3) is 10.8 Å². The highest BCUT2D eigenvalue weighted by atomic mass is 79.9. The average Bonchev–Trinajstić information content (AvgIpc) is 3.29. The van der Waals surface area contributed by atoms with Crippen LogP contribution < -0.4 is 4.74 Å². The van der Waals surface area contributed by atoms with Gasteiger partial charge in [0.15, 0.2) is 0 Å². The van der Waals surface area contributed by atoms with Gasteiger partial charge in [-0.15, -0.1) is 0 Å². The van der Waals surface area contributed by atoms with Gasteiger partial charge in [-0.3, -0.25) is 9.59 Å². The van der Waals surface area contributed by atoms with Crippen molar-refractivity contribution in [1.29, 1.82) is 0 Å². The Morgan fingerprint density at radius 3 is 2.74 bits per heavy atom. The first-order valence-electron chi connectivity index (χ1n) is 13.4. The van der Waals surface area contributed by atoms with Gasteiger partial charge in [-0.25, -0.2) is 9.78 Å². The zero-order valence-corrected chi connectivity index (χ0v) is 24.2. The molecule has 1 fully saturated rings. The molecule has 9 heteroatoms. The number of pyridine rings is 1. The predicted octanol–water partition coefficient (Wildman–Crippen LogP) is 5.36. The molecule has 38 heavy (non-hydrogen) atoms. The number of nitrogens with zero attached hydrogens (tertiary/aromatic N) is 2. The van der Waals surface area contributed by atoms with Crippen molar-refractivity contribution in [3.63, 3.8) is 0 Å². The van der Waals surface area contributed by atoms with Gasteiger partial charge in [-0.05, 0) is 54.7 Å². The van der Waals surface area contributed by atoms with Gasteiger partial charge in [0.05, 0.1) is 32.1 Å². The summed E-state index contributed by atoms with van der Waals surface area (Å²) in [5, 5.41) is 1.88. The molecule has 3 heterocycles. The standard InChI is InChI=1S/C29H37BrN2O6/c1-5-36-28(35)24-15-20-17-32(24)27(34)22(29(2,3)4)16-25(33)37-13-7-6-8-23(30)19-10-9-18-11-12-31-26(38-20)21(18)14-19/h9-12,14,20,22-24H,5-8,13,15-17H2,1-4H3/t20-,22-,23?,24+/m1/s1. The summed E-state index contributed by atoms with van der Waals surface area (Å²) < 4.78 is 17.2. The number of carbonyl (C=O) groups excluding carboxylic acids is 3. The van der Waals surface area contributed by atoms with Crippen molar-refractivity contribution in [2.24, 2.45) is 11.3 Å². The number of aromatic nitrogens is 1. The SMILES string of the molecule is CCOC(=O)[C@@H]1C[C@@H]2CN1C(=O)[C@H](C(C)(C)C)CC(=O)OCCCCC(Br)c1ccc3ccnc(c3c1)O2. The van der Waals surface area contributed by atoms with E-state index in [2.05, 4.69) is 33.0 Å². The molecule has 4 bridgehead atoms. The van der Waals surface area contributed by atoms with Gasteiger partial charge in [-0.2, -0.15) is 0 Å². The first-order valence-corrected chi connectivity index (χ1v) is 14.3. The van der Waals surface area contributed by atoms with E-state index >= 15 is 0 Å². The maximum Gasteiger partial charge on any atom is 0.328 e. The smallest absolute Gasteiger partial charge is 0.328 e. The fourth-order valence-electron chi connectivity index (χ4n) is 5.16. The van der Waals surface area contributed by atoms with Crippen molar-refractivity contribution in [3.8, 4) is 5.88 Å². The first-order chi connectivity index (χ1) is 18.1. The minimum absolute atomic E-state index is 0.0492. The van der Waals surface area contributed by atoms with Crippen LogP contribution in [0.1, 0.15) is 70.2 Å². The number of carbonyl (C=O) groups is 3. The van der Waals surface area contributed by atoms with Gasteiger partial charge < -0.3 is 19.1 Å². The van der Waals surface area contributed by atoms with Crippen LogP contribution in [0, 0.1) is 11.3 Å². The fraction of sp³-hybridized carbons (Fsp3) is 0.586. The van der Waals surface area contributed by atoms with Crippen LogP contribution >= 0.6 is 15.9 Å². The molecule has 1 saturated heterocycles. The van der Waals surface area contributed by atoms with Crippen LogP contribution in [0.4, 0.5) is 0 Å². The normalized spacial score (nSPS) is 25.4. The van der Waals surface area contributed by atoms with Crippen LogP contribution in [0.3, 0.4) is 0 Å². The van der Waals surface area contributed by atoms with Gasteiger partial charge in [0.2, 0.25) is 11.8 Å². The Morgan fingerprint density at radius 2 is 2.00 bits per heavy atom. The van der Waals surface area contributed by atoms with Crippen LogP contribution in [0.5, 0.6) is 5.88 Å². The summed E-state index contributed by atoms with van der Waals surface area (Å²) >= 11 is 3.81. The lowest BCUT2D eigenvalue weighted by atomic mass is 9.77. The number of amides is 1. The molecule has 206 valence electrons. The first kappa shape index (κ1) is 28.3. The van der Waals surface area contributed by atoms with Crippen molar-refractivity contribution in [2.75, 3.05) is 19.8 Å². The average molecular weight is 590 g/mol. The number of halogens is 1. The largest absolute Gasteiger partial charge is 0.472 e. The van der Waals surface area contributed by atoms with Crippen LogP contribution in [0.15, 0.2) is 30.5 Å². The summed E-state index contributed by atoms with van der Waals surface area (Å²) in [6.07, 6.45) is 3.96. The molecule has 2 aromatic rings. The molecule has 0 saturated carbocycles. The number of rotatable bonds is 2. The third-order valence-electron chi connectivity index (χ3n) is 7.33. The number of hydrogen-bond donors (Lipinski definition) is 0. The van der Waals surface area contributed by atoms with Gasteiger partial charge >= 0.3 is 11.9 Å². The summed E-state index contributed by atoms with van der Waals surface area (Å²) in [5.41, 5.74) is 0.584. The molecule has 4 atom stereocenters. The van der Waals surface area contributed by atoms with Gasteiger partial charge in [-0.1, -0.05) is 48.8 Å². The number of fused-ring (bicyclic) bond motifs is 3. The highest BCUT2D eigenvalue weighted by Gasteiger charge is 2.46. The molecule has 8 nitrogen and oxygen atoms in total. The minimum Gasteiger partial charge on any atom is -0.472 e. The zero-order chi connectivity index (χ0) is 27.4. The van der Waals surface area contributed by atoms with Crippen molar-refractivity contribution < 1.29 is 28.6 Å². The van der Waals surface area contributed by atoms with Crippen molar-refractivity contribution in [1.82, 2.24) is 9.88 Å². The van der Waals surface area contributed by atoms with Crippen molar-refractivity contribution in [2.45, 2.75) is 76.8 Å². The number of cyclic esters (lactones) is 1. The fourth-order valence-corrected chi connectivity index (χ4v) is 5.77. The van der Waals surface area contributed by atoms with Crippen LogP contribution in [-0.4, -0.2) is 59.6 Å². The molecule has 1 unspecified atom stereocenters. The van der Waals surface area contributed by atoms with Crippen molar-refractivity contribution in [3.05, 3.63) is 36.0 Å². The minimum atomic E-state index is -0.798. The Labute approximate surface area is 232 Å². The highest BCUT2D eigenvalue weighted by Crippen LogP contribution is 2.37. The molecule has 0 aliphatic carbocycles. The topological polar surface area (TPSA) is 95.0 Å². The van der Waals surface area contributed by atoms with E-state index in [0.717, 1.165) is 35.6 Å². The summed E-state index contributed by atoms with van der Waals surface area (Å²) in [4.78, 5) is 45.8. The molecule has 4 rings (SSSR count). The zero-order valence-electron chi connectivity index (χ0n) is 22.6. The highest BCUT2D eigenvalue weighted by molar-refractivity contribution is 9.09. The molecule has 0 spiro atoms. The van der Waals surface area contributed by atoms with E-state index in [1.54, 1.807) is 13.1 Å². The number of alkyl halides is 1. The molecular formula is C29H37BrN2O6. The van der Waals surface area contributed by atoms with Crippen LogP contribution in [0.2, 0.25) is 0 Å². The van der Waals surface area contributed by atoms with E-state index in [4.69, 9.17) is 14.2 Å². The van der Waals surface area contributed by atoms with E-state index in [1.165, 1.54) is 4.90 Å². The Hall–Kier alpha value is -2.68. The van der Waals surface area contributed by atoms with Crippen LogP contribution in [-0.2, 0) is 23.9 Å². The second-order valence-electron chi connectivity index (χ2n) is 11.1. The molecule has 1 aromatic heterocycles. The second-order valence-corrected chi connectivity index (χ2v) is 12.2. The predicted molar refractivity (Wildman–Crippen MR) is 147 cm³/mol. The molecule has 2 aliphatic heterocycles. The maximum atomic E-state index is 13.9. The summed E-state index contributed by atoms with van der Waals surface area (Å²) in [7, 11) is 0. The molecule has 0 radical (unpaired) electrons. The summed E-state index contributed by atoms with van der Waals surface area (Å²) in [6.45, 7) is 8.22. The Bertz CT molecular complexity index is 1180. The molecule has 2 aliphatic rings. The lowest BCUT2D eigenvalue weighted by molar-refractivity contribution is -0.158. The van der Waals surface area contributed by atoms with E-state index in [-0.39, 0.29) is 36.7 Å². The molecule has 0 N–H and O–H groups in total. The quantitative estimate of drug-likeness (QED) is 0.344. The lowest BCUT2D eigenvalue weighted by Gasteiger charge is -2.34.